The van der Waals surface area contributed by atoms with E-state index in [2.05, 4.69) is 4.74 Å². The summed E-state index contributed by atoms with van der Waals surface area (Å²) in [5.41, 5.74) is 7.48. The first-order chi connectivity index (χ1) is 7.08. The molecular weight excluding hydrogens is 190 g/mol. The van der Waals surface area contributed by atoms with Crippen LogP contribution in [0.15, 0.2) is 24.3 Å². The van der Waals surface area contributed by atoms with E-state index in [0.717, 1.165) is 5.56 Å². The second kappa shape index (κ2) is 3.35. The third-order valence-electron chi connectivity index (χ3n) is 3.05. The first-order valence-corrected chi connectivity index (χ1v) is 5.02. The van der Waals surface area contributed by atoms with Gasteiger partial charge in [0.1, 0.15) is 5.54 Å². The maximum Gasteiger partial charge on any atom is 0.326 e. The SMILES string of the molecule is COC(=O)C1(N)CC1c1ccc(C)cc1. The Morgan fingerprint density at radius 3 is 2.60 bits per heavy atom. The summed E-state index contributed by atoms with van der Waals surface area (Å²) in [6.45, 7) is 2.03. The molecular formula is C12H15NO2. The van der Waals surface area contributed by atoms with Crippen LogP contribution in [0, 0.1) is 6.92 Å². The minimum Gasteiger partial charge on any atom is -0.468 e. The molecule has 0 aromatic heterocycles. The average Bonchev–Trinajstić information content (AvgIpc) is 2.92. The summed E-state index contributed by atoms with van der Waals surface area (Å²) >= 11 is 0. The average molecular weight is 205 g/mol. The van der Waals surface area contributed by atoms with Gasteiger partial charge in [-0.15, -0.1) is 0 Å². The fourth-order valence-electron chi connectivity index (χ4n) is 1.91. The maximum absolute atomic E-state index is 11.4. The predicted octanol–water partition coefficient (Wildman–Crippen LogP) is 1.35. The van der Waals surface area contributed by atoms with Gasteiger partial charge in [0.25, 0.3) is 0 Å². The molecule has 2 rings (SSSR count). The van der Waals surface area contributed by atoms with Crippen molar-refractivity contribution < 1.29 is 9.53 Å². The summed E-state index contributed by atoms with van der Waals surface area (Å²) in [6, 6.07) is 8.12. The molecule has 3 nitrogen and oxygen atoms in total. The van der Waals surface area contributed by atoms with Crippen molar-refractivity contribution in [3.05, 3.63) is 35.4 Å². The Hall–Kier alpha value is -1.35. The zero-order chi connectivity index (χ0) is 11.1. The van der Waals surface area contributed by atoms with Gasteiger partial charge in [-0.05, 0) is 18.9 Å². The van der Waals surface area contributed by atoms with Crippen LogP contribution in [0.1, 0.15) is 23.5 Å². The summed E-state index contributed by atoms with van der Waals surface area (Å²) in [4.78, 5) is 11.4. The number of nitrogens with two attached hydrogens (primary N) is 1. The van der Waals surface area contributed by atoms with Gasteiger partial charge in [0, 0.05) is 5.92 Å². The highest BCUT2D eigenvalue weighted by Gasteiger charge is 2.58. The van der Waals surface area contributed by atoms with E-state index in [-0.39, 0.29) is 11.9 Å². The van der Waals surface area contributed by atoms with Gasteiger partial charge in [0.15, 0.2) is 0 Å². The standard InChI is InChI=1S/C12H15NO2/c1-8-3-5-9(6-4-8)10-7-12(10,13)11(14)15-2/h3-6,10H,7,13H2,1-2H3. The lowest BCUT2D eigenvalue weighted by Crippen LogP contribution is -2.35. The van der Waals surface area contributed by atoms with Crippen LogP contribution < -0.4 is 5.73 Å². The third kappa shape index (κ3) is 1.63. The van der Waals surface area contributed by atoms with Crippen molar-refractivity contribution in [2.75, 3.05) is 7.11 Å². The molecule has 1 aromatic rings. The van der Waals surface area contributed by atoms with Gasteiger partial charge < -0.3 is 10.5 Å². The van der Waals surface area contributed by atoms with Crippen LogP contribution in [0.4, 0.5) is 0 Å². The lowest BCUT2D eigenvalue weighted by atomic mass is 10.1. The van der Waals surface area contributed by atoms with Crippen molar-refractivity contribution >= 4 is 5.97 Å². The molecule has 1 aliphatic carbocycles. The fraction of sp³-hybridized carbons (Fsp3) is 0.417. The molecule has 0 aliphatic heterocycles. The van der Waals surface area contributed by atoms with E-state index in [0.29, 0.717) is 6.42 Å². The summed E-state index contributed by atoms with van der Waals surface area (Å²) < 4.78 is 4.69. The van der Waals surface area contributed by atoms with Crippen molar-refractivity contribution in [3.63, 3.8) is 0 Å². The molecule has 15 heavy (non-hydrogen) atoms. The number of carbonyl (C=O) groups is 1. The first kappa shape index (κ1) is 10.2. The van der Waals surface area contributed by atoms with Crippen molar-refractivity contribution in [1.29, 1.82) is 0 Å². The van der Waals surface area contributed by atoms with Crippen LogP contribution in [0.3, 0.4) is 0 Å². The number of methoxy groups -OCH3 is 1. The summed E-state index contributed by atoms with van der Waals surface area (Å²) in [6.07, 6.45) is 0.683. The number of carbonyl (C=O) groups excluding carboxylic acids is 1. The lowest BCUT2D eigenvalue weighted by molar-refractivity contribution is -0.143. The van der Waals surface area contributed by atoms with Crippen LogP contribution in [0.2, 0.25) is 0 Å². The van der Waals surface area contributed by atoms with E-state index in [4.69, 9.17) is 5.73 Å². The van der Waals surface area contributed by atoms with Crippen LogP contribution in [0.25, 0.3) is 0 Å². The topological polar surface area (TPSA) is 52.3 Å². The van der Waals surface area contributed by atoms with Gasteiger partial charge in [-0.2, -0.15) is 0 Å². The molecule has 1 saturated carbocycles. The monoisotopic (exact) mass is 205 g/mol. The van der Waals surface area contributed by atoms with Gasteiger partial charge in [-0.3, -0.25) is 4.79 Å². The maximum atomic E-state index is 11.4. The number of hydrogen-bond donors (Lipinski definition) is 1. The van der Waals surface area contributed by atoms with Gasteiger partial charge in [-0.25, -0.2) is 0 Å². The van der Waals surface area contributed by atoms with Crippen LogP contribution in [-0.2, 0) is 9.53 Å². The van der Waals surface area contributed by atoms with E-state index in [1.54, 1.807) is 0 Å². The number of esters is 1. The molecule has 2 atom stereocenters. The molecule has 0 saturated heterocycles. The minimum atomic E-state index is -0.788. The number of rotatable bonds is 2. The first-order valence-electron chi connectivity index (χ1n) is 5.02. The highest BCUT2D eigenvalue weighted by molar-refractivity contribution is 5.86. The Balaban J connectivity index is 2.16. The van der Waals surface area contributed by atoms with E-state index in [1.807, 2.05) is 31.2 Å². The smallest absolute Gasteiger partial charge is 0.326 e. The summed E-state index contributed by atoms with van der Waals surface area (Å²) in [5.74, 6) is -0.196. The Labute approximate surface area is 89.2 Å². The number of ether oxygens (including phenoxy) is 1. The Kier molecular flexibility index (Phi) is 2.27. The van der Waals surface area contributed by atoms with Crippen molar-refractivity contribution in [3.8, 4) is 0 Å². The molecule has 80 valence electrons. The largest absolute Gasteiger partial charge is 0.468 e. The molecule has 1 aromatic carbocycles. The van der Waals surface area contributed by atoms with Gasteiger partial charge >= 0.3 is 5.97 Å². The summed E-state index contributed by atoms with van der Waals surface area (Å²) in [7, 11) is 1.38. The van der Waals surface area contributed by atoms with Crippen LogP contribution in [-0.4, -0.2) is 18.6 Å². The normalized spacial score (nSPS) is 28.6. The van der Waals surface area contributed by atoms with Gasteiger partial charge in [0.05, 0.1) is 7.11 Å². The second-order valence-corrected chi connectivity index (χ2v) is 4.20. The predicted molar refractivity (Wildman–Crippen MR) is 57.5 cm³/mol. The molecule has 1 fully saturated rings. The molecule has 0 heterocycles. The highest BCUT2D eigenvalue weighted by Crippen LogP contribution is 2.50. The second-order valence-electron chi connectivity index (χ2n) is 4.20. The lowest BCUT2D eigenvalue weighted by Gasteiger charge is -2.08. The minimum absolute atomic E-state index is 0.116. The van der Waals surface area contributed by atoms with E-state index < -0.39 is 5.54 Å². The van der Waals surface area contributed by atoms with Crippen molar-refractivity contribution in [2.45, 2.75) is 24.8 Å². The van der Waals surface area contributed by atoms with Crippen molar-refractivity contribution in [1.82, 2.24) is 0 Å². The highest BCUT2D eigenvalue weighted by atomic mass is 16.5. The van der Waals surface area contributed by atoms with Crippen molar-refractivity contribution in [2.24, 2.45) is 5.73 Å². The Morgan fingerprint density at radius 2 is 2.07 bits per heavy atom. The van der Waals surface area contributed by atoms with Gasteiger partial charge in [-0.1, -0.05) is 29.8 Å². The van der Waals surface area contributed by atoms with E-state index >= 15 is 0 Å². The number of aryl methyl sites for hydroxylation is 1. The molecule has 2 unspecified atom stereocenters. The van der Waals surface area contributed by atoms with E-state index in [9.17, 15) is 4.79 Å². The van der Waals surface area contributed by atoms with Gasteiger partial charge in [0.2, 0.25) is 0 Å². The molecule has 1 aliphatic rings. The Morgan fingerprint density at radius 1 is 1.47 bits per heavy atom. The molecule has 0 spiro atoms. The number of benzene rings is 1. The molecule has 0 amide bonds. The molecule has 0 radical (unpaired) electrons. The zero-order valence-electron chi connectivity index (χ0n) is 8.99. The fourth-order valence-corrected chi connectivity index (χ4v) is 1.91. The van der Waals surface area contributed by atoms with Crippen LogP contribution in [0.5, 0.6) is 0 Å². The molecule has 0 bridgehead atoms. The van der Waals surface area contributed by atoms with Crippen LogP contribution >= 0.6 is 0 Å². The number of hydrogen-bond acceptors (Lipinski definition) is 3. The van der Waals surface area contributed by atoms with E-state index in [1.165, 1.54) is 12.7 Å². The molecule has 2 N–H and O–H groups in total. The molecule has 3 heteroatoms. The third-order valence-corrected chi connectivity index (χ3v) is 3.05. The zero-order valence-corrected chi connectivity index (χ0v) is 8.99. The quantitative estimate of drug-likeness (QED) is 0.741. The Bertz CT molecular complexity index is 385. The summed E-state index contributed by atoms with van der Waals surface area (Å²) in [5, 5.41) is 0.